The number of nitrogen functional groups attached to an aromatic ring is 1. The number of nitrogens with two attached hydrogens (primary N) is 5. The molecule has 0 amide bonds. The Morgan fingerprint density at radius 1 is 0.920 bits per heavy atom. The van der Waals surface area contributed by atoms with Crippen LogP contribution in [0.2, 0.25) is 0 Å². The van der Waals surface area contributed by atoms with Gasteiger partial charge >= 0.3 is 5.97 Å². The molecular weight excluding hydrogens is 672 g/mol. The van der Waals surface area contributed by atoms with Crippen LogP contribution in [-0.2, 0) is 23.7 Å². The molecule has 22 nitrogen and oxygen atoms in total. The molecule has 282 valence electrons. The minimum atomic E-state index is -2.38. The normalized spacial score (nSPS) is 39.8. The molecule has 1 aromatic rings. The lowest BCUT2D eigenvalue weighted by atomic mass is 9.81. The molecule has 1 aromatic carbocycles. The first kappa shape index (κ1) is 40.6. The van der Waals surface area contributed by atoms with Gasteiger partial charge in [-0.15, -0.1) is 0 Å². The lowest BCUT2D eigenvalue weighted by Gasteiger charge is -2.45. The summed E-state index contributed by atoms with van der Waals surface area (Å²) < 4.78 is 22.9. The predicted molar refractivity (Wildman–Crippen MR) is 171 cm³/mol. The number of rotatable bonds is 10. The van der Waals surface area contributed by atoms with Crippen LogP contribution in [-0.4, -0.2) is 170 Å². The number of guanidine groups is 2. The van der Waals surface area contributed by atoms with Crippen molar-refractivity contribution in [1.29, 1.82) is 0 Å². The Hall–Kier alpha value is -3.78. The van der Waals surface area contributed by atoms with E-state index in [0.29, 0.717) is 5.69 Å². The molecule has 0 radical (unpaired) electrons. The SMILES string of the molecule is CN[C@@H]1[C@H](O[C@H]2[C@H](O[C@H]3[C@H](O)[C@@H](O)[C@H](N=C(N)N)[C@@H](O)[C@@H]3N=C(N)N)O[C@@H](C)[C@]2(O)C=O)O[C@@H](CO)[C@H](O)[C@H]1O.Nc1ccccc1C(=O)O. The van der Waals surface area contributed by atoms with E-state index in [1.54, 1.807) is 18.2 Å². The zero-order valence-corrected chi connectivity index (χ0v) is 27.0. The van der Waals surface area contributed by atoms with Crippen LogP contribution < -0.4 is 34.0 Å². The van der Waals surface area contributed by atoms with Crippen LogP contribution in [0.1, 0.15) is 17.3 Å². The van der Waals surface area contributed by atoms with Crippen molar-refractivity contribution in [3.05, 3.63) is 29.8 Å². The fourth-order valence-electron chi connectivity index (χ4n) is 5.77. The maximum atomic E-state index is 12.1. The fourth-order valence-corrected chi connectivity index (χ4v) is 5.77. The van der Waals surface area contributed by atoms with E-state index in [0.717, 1.165) is 0 Å². The molecule has 3 aliphatic rings. The van der Waals surface area contributed by atoms with Crippen molar-refractivity contribution >= 4 is 29.9 Å². The number of nitrogens with one attached hydrogen (secondary N) is 1. The van der Waals surface area contributed by atoms with E-state index in [2.05, 4.69) is 15.3 Å². The second kappa shape index (κ2) is 17.0. The molecule has 0 unspecified atom stereocenters. The van der Waals surface area contributed by atoms with Gasteiger partial charge in [0.05, 0.1) is 24.3 Å². The van der Waals surface area contributed by atoms with Gasteiger partial charge < -0.3 is 93.8 Å². The van der Waals surface area contributed by atoms with Gasteiger partial charge in [0.2, 0.25) is 0 Å². The monoisotopic (exact) mass is 718 g/mol. The van der Waals surface area contributed by atoms with Gasteiger partial charge in [0, 0.05) is 5.69 Å². The second-order valence-electron chi connectivity index (χ2n) is 11.8. The summed E-state index contributed by atoms with van der Waals surface area (Å²) in [6.45, 7) is 0.620. The highest BCUT2D eigenvalue weighted by atomic mass is 16.8. The number of ether oxygens (including phenoxy) is 4. The molecular formula is C28H46N8O14. The zero-order valence-electron chi connectivity index (χ0n) is 27.0. The average molecular weight is 719 g/mol. The summed E-state index contributed by atoms with van der Waals surface area (Å²) >= 11 is 0. The highest BCUT2D eigenvalue weighted by Gasteiger charge is 2.60. The Morgan fingerprint density at radius 2 is 1.52 bits per heavy atom. The number of hydrogen-bond acceptors (Lipinski definition) is 17. The van der Waals surface area contributed by atoms with Gasteiger partial charge in [0.25, 0.3) is 0 Å². The number of aldehydes is 1. The Balaban J connectivity index is 0.000000578. The number of aliphatic imine (C=N–C) groups is 2. The molecule has 4 rings (SSSR count). The third-order valence-electron chi connectivity index (χ3n) is 8.53. The van der Waals surface area contributed by atoms with Gasteiger partial charge in [-0.25, -0.2) is 14.8 Å². The van der Waals surface area contributed by atoms with E-state index < -0.39 is 116 Å². The van der Waals surface area contributed by atoms with E-state index in [4.69, 9.17) is 52.7 Å². The first-order chi connectivity index (χ1) is 23.4. The molecule has 1 aliphatic carbocycles. The average Bonchev–Trinajstić information content (AvgIpc) is 3.29. The van der Waals surface area contributed by atoms with Crippen LogP contribution in [0.4, 0.5) is 5.69 Å². The van der Waals surface area contributed by atoms with E-state index >= 15 is 0 Å². The molecule has 2 heterocycles. The number of carboxylic acid groups (broad SMARTS) is 1. The molecule has 2 aliphatic heterocycles. The molecule has 22 heteroatoms. The number of carboxylic acids is 1. The van der Waals surface area contributed by atoms with Crippen molar-refractivity contribution in [2.75, 3.05) is 19.4 Å². The van der Waals surface area contributed by atoms with Gasteiger partial charge in [-0.3, -0.25) is 4.79 Å². The van der Waals surface area contributed by atoms with Crippen LogP contribution in [0.15, 0.2) is 34.3 Å². The first-order valence-corrected chi connectivity index (χ1v) is 15.2. The summed E-state index contributed by atoms with van der Waals surface area (Å²) in [5.41, 5.74) is 25.2. The van der Waals surface area contributed by atoms with Crippen molar-refractivity contribution in [3.8, 4) is 0 Å². The molecule has 0 spiro atoms. The van der Waals surface area contributed by atoms with Crippen molar-refractivity contribution in [3.63, 3.8) is 0 Å². The number of para-hydroxylation sites is 1. The topological polar surface area (TPSA) is 400 Å². The zero-order chi connectivity index (χ0) is 37.7. The van der Waals surface area contributed by atoms with Gasteiger partial charge in [-0.05, 0) is 26.1 Å². The van der Waals surface area contributed by atoms with Gasteiger partial charge in [0.15, 0.2) is 36.4 Å². The van der Waals surface area contributed by atoms with E-state index in [9.17, 15) is 45.3 Å². The standard InChI is InChI=1S/C21H39N7O12.C7H7NO2/c1-5-21(36,4-30)16(40-17-9(26-2)13(34)10(31)6(3-29)38-17)18(37-5)39-15-8(28-20(24)25)11(32)7(27-19(22)23)12(33)14(15)35;8-6-4-2-1-3-5(6)7(9)10/h4-18,26,29,31-36H,3H2,1-2H3,(H4,22,23,27)(H4,24,25,28);1-4H,8H2,(H,9,10)/t5-,6-,7+,8-,9-,10-,11+,12-,13-,14+,15+,16-,17-,18-,21+;/m0./s1. The van der Waals surface area contributed by atoms with Crippen LogP contribution in [0, 0.1) is 0 Å². The summed E-state index contributed by atoms with van der Waals surface area (Å²) in [6, 6.07) is 2.28. The summed E-state index contributed by atoms with van der Waals surface area (Å²) in [4.78, 5) is 30.0. The summed E-state index contributed by atoms with van der Waals surface area (Å²) in [5, 5.41) is 85.1. The largest absolute Gasteiger partial charge is 0.478 e. The van der Waals surface area contributed by atoms with Crippen LogP contribution in [0.5, 0.6) is 0 Å². The number of nitrogens with zero attached hydrogens (tertiary/aromatic N) is 2. The predicted octanol–water partition coefficient (Wildman–Crippen LogP) is -7.19. The lowest BCUT2D eigenvalue weighted by Crippen LogP contribution is -2.66. The Morgan fingerprint density at radius 3 is 2.02 bits per heavy atom. The molecule has 3 fully saturated rings. The molecule has 0 aromatic heterocycles. The van der Waals surface area contributed by atoms with Crippen molar-refractivity contribution < 1.29 is 69.4 Å². The smallest absolute Gasteiger partial charge is 0.337 e. The highest BCUT2D eigenvalue weighted by molar-refractivity contribution is 5.93. The molecule has 0 bridgehead atoms. The molecule has 1 saturated carbocycles. The highest BCUT2D eigenvalue weighted by Crippen LogP contribution is 2.38. The number of aromatic carboxylic acids is 1. The number of aliphatic hydroxyl groups excluding tert-OH is 6. The van der Waals surface area contributed by atoms with Gasteiger partial charge in [-0.1, -0.05) is 12.1 Å². The second-order valence-corrected chi connectivity index (χ2v) is 11.8. The Bertz CT molecular complexity index is 1370. The number of carbonyl (C=O) groups is 2. The van der Waals surface area contributed by atoms with Crippen molar-refractivity contribution in [2.24, 2.45) is 32.9 Å². The first-order valence-electron chi connectivity index (χ1n) is 15.2. The van der Waals surface area contributed by atoms with Crippen molar-refractivity contribution in [2.45, 2.75) is 98.2 Å². The third-order valence-corrected chi connectivity index (χ3v) is 8.53. The lowest BCUT2D eigenvalue weighted by molar-refractivity contribution is -0.314. The fraction of sp³-hybridized carbons (Fsp3) is 0.643. The Kier molecular flexibility index (Phi) is 13.8. The third kappa shape index (κ3) is 8.56. The maximum absolute atomic E-state index is 12.1. The van der Waals surface area contributed by atoms with Gasteiger partial charge in [-0.2, -0.15) is 0 Å². The summed E-state index contributed by atoms with van der Waals surface area (Å²) in [5.74, 6) is -2.02. The van der Waals surface area contributed by atoms with Crippen LogP contribution in [0.25, 0.3) is 0 Å². The minimum absolute atomic E-state index is 0.140. The van der Waals surface area contributed by atoms with Crippen LogP contribution in [0.3, 0.4) is 0 Å². The van der Waals surface area contributed by atoms with E-state index in [-0.39, 0.29) is 11.8 Å². The molecule has 15 atom stereocenters. The number of carbonyl (C=O) groups excluding carboxylic acids is 1. The number of aliphatic hydroxyl groups is 7. The quantitative estimate of drug-likeness (QED) is 0.0462. The minimum Gasteiger partial charge on any atom is -0.478 e. The van der Waals surface area contributed by atoms with Crippen LogP contribution >= 0.6 is 0 Å². The van der Waals surface area contributed by atoms with Crippen molar-refractivity contribution in [1.82, 2.24) is 5.32 Å². The maximum Gasteiger partial charge on any atom is 0.337 e. The Labute approximate surface area is 285 Å². The van der Waals surface area contributed by atoms with Gasteiger partial charge in [0.1, 0.15) is 60.9 Å². The van der Waals surface area contributed by atoms with E-state index in [1.165, 1.54) is 20.0 Å². The molecule has 50 heavy (non-hydrogen) atoms. The number of anilines is 1. The molecule has 2 saturated heterocycles. The van der Waals surface area contributed by atoms with E-state index in [1.807, 2.05) is 0 Å². The summed E-state index contributed by atoms with van der Waals surface area (Å²) in [7, 11) is 1.42. The summed E-state index contributed by atoms with van der Waals surface area (Å²) in [6.07, 6.45) is -17.3. The number of likely N-dealkylation sites (N-methyl/N-ethyl adjacent to an activating group) is 1. The number of benzene rings is 1. The molecule has 19 N–H and O–H groups in total. The number of hydrogen-bond donors (Lipinski definition) is 14.